The molecule has 0 saturated carbocycles. The average molecular weight is 480 g/mol. The van der Waals surface area contributed by atoms with Gasteiger partial charge in [-0.25, -0.2) is 4.39 Å². The Morgan fingerprint density at radius 1 is 0.972 bits per heavy atom. The van der Waals surface area contributed by atoms with Crippen LogP contribution in [0.5, 0.6) is 0 Å². The first-order chi connectivity index (χ1) is 17.4. The van der Waals surface area contributed by atoms with E-state index in [-0.39, 0.29) is 23.7 Å². The summed E-state index contributed by atoms with van der Waals surface area (Å²) in [5.74, 6) is -2.08. The highest BCUT2D eigenvalue weighted by Crippen LogP contribution is 2.43. The van der Waals surface area contributed by atoms with Gasteiger partial charge >= 0.3 is 0 Å². The number of carbonyl (C=O) groups excluding carboxylic acids is 2. The minimum absolute atomic E-state index is 0.0308. The highest BCUT2D eigenvalue weighted by atomic mass is 19.1. The molecule has 6 rings (SSSR count). The number of likely N-dealkylation sites (tertiary alicyclic amines) is 1. The number of nitrogens with one attached hydrogen (secondary N) is 1. The highest BCUT2D eigenvalue weighted by molar-refractivity contribution is 6.46. The lowest BCUT2D eigenvalue weighted by atomic mass is 9.94. The Balaban J connectivity index is 1.58. The molecule has 1 aliphatic heterocycles. The van der Waals surface area contributed by atoms with Gasteiger partial charge in [0.1, 0.15) is 11.6 Å². The van der Waals surface area contributed by atoms with Gasteiger partial charge in [-0.15, -0.1) is 0 Å². The van der Waals surface area contributed by atoms with Crippen LogP contribution in [0, 0.1) is 5.82 Å². The molecule has 3 heterocycles. The molecule has 1 atom stereocenters. The molecule has 1 aliphatic rings. The average Bonchev–Trinajstić information content (AvgIpc) is 3.54. The number of fused-ring (bicyclic) bond motifs is 2. The van der Waals surface area contributed by atoms with Gasteiger partial charge in [-0.05, 0) is 29.8 Å². The largest absolute Gasteiger partial charge is 0.507 e. The maximum Gasteiger partial charge on any atom is 0.295 e. The fourth-order valence-electron chi connectivity index (χ4n) is 5.16. The third-order valence-corrected chi connectivity index (χ3v) is 6.87. The number of rotatable bonds is 4. The molecule has 0 spiro atoms. The van der Waals surface area contributed by atoms with Crippen molar-refractivity contribution in [2.24, 2.45) is 7.05 Å². The number of aliphatic hydroxyl groups is 1. The molecule has 2 aromatic heterocycles. The van der Waals surface area contributed by atoms with Crippen molar-refractivity contribution >= 4 is 39.3 Å². The van der Waals surface area contributed by atoms with Crippen LogP contribution in [0.2, 0.25) is 0 Å². The Hall–Kier alpha value is -4.65. The summed E-state index contributed by atoms with van der Waals surface area (Å²) in [5, 5.41) is 13.2. The Kier molecular flexibility index (Phi) is 5.00. The molecule has 3 aromatic carbocycles. The van der Waals surface area contributed by atoms with E-state index in [1.165, 1.54) is 17.0 Å². The van der Waals surface area contributed by atoms with Crippen LogP contribution in [0.4, 0.5) is 4.39 Å². The minimum Gasteiger partial charge on any atom is -0.507 e. The number of halogens is 1. The highest BCUT2D eigenvalue weighted by Gasteiger charge is 2.47. The van der Waals surface area contributed by atoms with Crippen molar-refractivity contribution in [1.29, 1.82) is 0 Å². The summed E-state index contributed by atoms with van der Waals surface area (Å²) in [6.45, 7) is 0.0867. The van der Waals surface area contributed by atoms with Crippen molar-refractivity contribution < 1.29 is 19.1 Å². The minimum atomic E-state index is -0.824. The number of amides is 1. The second-order valence-electron chi connectivity index (χ2n) is 9.01. The Morgan fingerprint density at radius 3 is 2.44 bits per heavy atom. The number of ketones is 1. The molecule has 178 valence electrons. The molecule has 6 nitrogen and oxygen atoms in total. The van der Waals surface area contributed by atoms with Gasteiger partial charge in [0.15, 0.2) is 0 Å². The van der Waals surface area contributed by atoms with Crippen LogP contribution in [0.3, 0.4) is 0 Å². The van der Waals surface area contributed by atoms with Crippen molar-refractivity contribution in [3.05, 3.63) is 113 Å². The topological polar surface area (TPSA) is 78.3 Å². The van der Waals surface area contributed by atoms with Crippen LogP contribution in [0.15, 0.2) is 90.8 Å². The van der Waals surface area contributed by atoms with E-state index in [2.05, 4.69) is 4.98 Å². The van der Waals surface area contributed by atoms with Crippen LogP contribution in [-0.2, 0) is 23.2 Å². The van der Waals surface area contributed by atoms with Gasteiger partial charge in [0.25, 0.3) is 11.7 Å². The Labute approximate surface area is 205 Å². The summed E-state index contributed by atoms with van der Waals surface area (Å²) in [6, 6.07) is 20.2. The number of aromatic amines is 1. The lowest BCUT2D eigenvalue weighted by molar-refractivity contribution is -0.140. The number of aliphatic hydroxyl groups excluding tert-OH is 1. The number of aryl methyl sites for hydroxylation is 1. The van der Waals surface area contributed by atoms with E-state index in [4.69, 9.17) is 0 Å². The van der Waals surface area contributed by atoms with Crippen molar-refractivity contribution in [1.82, 2.24) is 14.5 Å². The number of carbonyl (C=O) groups is 2. The lowest BCUT2D eigenvalue weighted by Gasteiger charge is -2.25. The fourth-order valence-corrected chi connectivity index (χ4v) is 5.16. The summed E-state index contributed by atoms with van der Waals surface area (Å²) < 4.78 is 15.5. The number of benzene rings is 3. The molecule has 0 radical (unpaired) electrons. The van der Waals surface area contributed by atoms with Crippen LogP contribution in [0.1, 0.15) is 22.7 Å². The molecule has 7 heteroatoms. The molecule has 2 N–H and O–H groups in total. The molecular formula is C29H22FN3O3. The monoisotopic (exact) mass is 479 g/mol. The van der Waals surface area contributed by atoms with E-state index in [9.17, 15) is 19.1 Å². The van der Waals surface area contributed by atoms with Gasteiger partial charge in [0.05, 0.1) is 11.6 Å². The second-order valence-corrected chi connectivity index (χ2v) is 9.01. The maximum atomic E-state index is 13.5. The predicted molar refractivity (Wildman–Crippen MR) is 135 cm³/mol. The maximum absolute atomic E-state index is 13.5. The Morgan fingerprint density at radius 2 is 1.67 bits per heavy atom. The summed E-state index contributed by atoms with van der Waals surface area (Å²) in [5.41, 5.74) is 3.64. The molecule has 1 unspecified atom stereocenters. The Bertz CT molecular complexity index is 1690. The zero-order chi connectivity index (χ0) is 25.0. The van der Waals surface area contributed by atoms with E-state index in [1.54, 1.807) is 18.3 Å². The number of Topliss-reactive ketones (excluding diaryl/α,β-unsaturated/α-hetero) is 1. The molecule has 1 saturated heterocycles. The summed E-state index contributed by atoms with van der Waals surface area (Å²) in [4.78, 5) is 31.4. The number of aromatic nitrogens is 2. The van der Waals surface area contributed by atoms with Crippen molar-refractivity contribution in [2.75, 3.05) is 0 Å². The number of nitrogens with zero attached hydrogens (tertiary/aromatic N) is 2. The fraction of sp³-hybridized carbons (Fsp3) is 0.103. The second kappa shape index (κ2) is 8.23. The van der Waals surface area contributed by atoms with Crippen molar-refractivity contribution in [3.8, 4) is 0 Å². The predicted octanol–water partition coefficient (Wildman–Crippen LogP) is 5.42. The summed E-state index contributed by atoms with van der Waals surface area (Å²) in [6.07, 6.45) is 3.54. The third-order valence-electron chi connectivity index (χ3n) is 6.87. The van der Waals surface area contributed by atoms with E-state index in [0.29, 0.717) is 11.1 Å². The molecule has 1 amide bonds. The van der Waals surface area contributed by atoms with E-state index >= 15 is 0 Å². The standard InChI is InChI=1S/C29H22FN3O3/c1-32-16-22(20-7-3-5-9-24(20)32)26-25(27(34)21-14-31-23-8-4-2-6-19(21)23)28(35)29(36)33(26)15-17-10-12-18(30)13-11-17/h2-14,16,26,31,34H,15H2,1H3/b27-25+. The van der Waals surface area contributed by atoms with Crippen molar-refractivity contribution in [3.63, 3.8) is 0 Å². The van der Waals surface area contributed by atoms with Gasteiger partial charge < -0.3 is 19.6 Å². The van der Waals surface area contributed by atoms with Gasteiger partial charge in [-0.1, -0.05) is 48.5 Å². The van der Waals surface area contributed by atoms with Crippen molar-refractivity contribution in [2.45, 2.75) is 12.6 Å². The van der Waals surface area contributed by atoms with Crippen LogP contribution >= 0.6 is 0 Å². The SMILES string of the molecule is Cn1cc(C2/C(=C(\O)c3c[nH]c4ccccc34)C(=O)C(=O)N2Cc2ccc(F)cc2)c2ccccc21. The quantitative estimate of drug-likeness (QED) is 0.205. The molecule has 0 bridgehead atoms. The third kappa shape index (κ3) is 3.32. The first kappa shape index (κ1) is 21.9. The van der Waals surface area contributed by atoms with E-state index in [0.717, 1.165) is 27.4 Å². The van der Waals surface area contributed by atoms with Gasteiger partial charge in [-0.2, -0.15) is 0 Å². The smallest absolute Gasteiger partial charge is 0.295 e. The van der Waals surface area contributed by atoms with E-state index < -0.39 is 17.7 Å². The molecule has 36 heavy (non-hydrogen) atoms. The summed E-state index contributed by atoms with van der Waals surface area (Å²) >= 11 is 0. The molecule has 5 aromatic rings. The molecule has 0 aliphatic carbocycles. The van der Waals surface area contributed by atoms with Crippen LogP contribution in [0.25, 0.3) is 27.6 Å². The zero-order valence-corrected chi connectivity index (χ0v) is 19.4. The van der Waals surface area contributed by atoms with E-state index in [1.807, 2.05) is 66.3 Å². The molecular weight excluding hydrogens is 457 g/mol. The normalized spacial score (nSPS) is 17.5. The first-order valence-corrected chi connectivity index (χ1v) is 11.6. The van der Waals surface area contributed by atoms with Crippen LogP contribution < -0.4 is 0 Å². The lowest BCUT2D eigenvalue weighted by Crippen LogP contribution is -2.29. The first-order valence-electron chi connectivity index (χ1n) is 11.6. The number of hydrogen-bond acceptors (Lipinski definition) is 3. The van der Waals surface area contributed by atoms with Gasteiger partial charge in [0, 0.05) is 58.9 Å². The van der Waals surface area contributed by atoms with Gasteiger partial charge in [-0.3, -0.25) is 9.59 Å². The number of H-pyrrole nitrogens is 1. The summed E-state index contributed by atoms with van der Waals surface area (Å²) in [7, 11) is 1.90. The zero-order valence-electron chi connectivity index (χ0n) is 19.4. The number of para-hydroxylation sites is 2. The van der Waals surface area contributed by atoms with Crippen LogP contribution in [-0.4, -0.2) is 31.2 Å². The molecule has 1 fully saturated rings. The number of hydrogen-bond donors (Lipinski definition) is 2. The van der Waals surface area contributed by atoms with Gasteiger partial charge in [0.2, 0.25) is 0 Å².